The van der Waals surface area contributed by atoms with Crippen LogP contribution in [0.4, 0.5) is 0 Å². The molecule has 0 spiro atoms. The van der Waals surface area contributed by atoms with Crippen LogP contribution in [-0.2, 0) is 4.74 Å². The highest BCUT2D eigenvalue weighted by atomic mass is 16.5. The minimum absolute atomic E-state index is 0.220. The third-order valence-electron chi connectivity index (χ3n) is 7.15. The Morgan fingerprint density at radius 2 is 1.95 bits per heavy atom. The van der Waals surface area contributed by atoms with Gasteiger partial charge in [0.05, 0.1) is 12.2 Å². The molecular formula is C18H33NO2. The lowest BCUT2D eigenvalue weighted by Gasteiger charge is -2.39. The summed E-state index contributed by atoms with van der Waals surface area (Å²) in [6, 6.07) is 0. The first-order chi connectivity index (χ1) is 9.93. The van der Waals surface area contributed by atoms with Crippen molar-refractivity contribution in [3.05, 3.63) is 0 Å². The fourth-order valence-electron chi connectivity index (χ4n) is 5.08. The molecule has 1 aliphatic heterocycles. The number of β-amino-alcohol motifs (C(OH)–C–C–N with tert-alkyl or cyclic N) is 1. The molecule has 21 heavy (non-hydrogen) atoms. The molecule has 0 amide bonds. The molecule has 1 saturated heterocycles. The third kappa shape index (κ3) is 2.77. The molecule has 0 aromatic heterocycles. The summed E-state index contributed by atoms with van der Waals surface area (Å²) in [4.78, 5) is 2.38. The molecule has 3 aliphatic rings. The summed E-state index contributed by atoms with van der Waals surface area (Å²) in [5.74, 6) is 0.835. The van der Waals surface area contributed by atoms with E-state index in [-0.39, 0.29) is 6.10 Å². The number of hydrogen-bond donors (Lipinski definition) is 1. The van der Waals surface area contributed by atoms with Gasteiger partial charge in [0.2, 0.25) is 0 Å². The number of aliphatic hydroxyl groups is 1. The van der Waals surface area contributed by atoms with Gasteiger partial charge in [-0.05, 0) is 68.4 Å². The molecule has 1 heterocycles. The van der Waals surface area contributed by atoms with Gasteiger partial charge in [-0.1, -0.05) is 20.8 Å². The number of ether oxygens (including phenoxy) is 1. The van der Waals surface area contributed by atoms with Crippen molar-refractivity contribution in [1.82, 2.24) is 4.90 Å². The van der Waals surface area contributed by atoms with Crippen molar-refractivity contribution < 1.29 is 9.84 Å². The zero-order valence-corrected chi connectivity index (χ0v) is 14.1. The van der Waals surface area contributed by atoms with Crippen LogP contribution < -0.4 is 0 Å². The topological polar surface area (TPSA) is 32.7 Å². The van der Waals surface area contributed by atoms with Crippen LogP contribution in [0.25, 0.3) is 0 Å². The zero-order valence-electron chi connectivity index (χ0n) is 14.1. The molecule has 0 radical (unpaired) electrons. The van der Waals surface area contributed by atoms with Gasteiger partial charge in [-0.25, -0.2) is 0 Å². The Kier molecular flexibility index (Phi) is 4.37. The highest BCUT2D eigenvalue weighted by Gasteiger charge is 2.61. The van der Waals surface area contributed by atoms with E-state index >= 15 is 0 Å². The predicted octanol–water partition coefficient (Wildman–Crippen LogP) is 3.06. The minimum atomic E-state index is -0.220. The Labute approximate surface area is 130 Å². The molecule has 3 nitrogen and oxygen atoms in total. The van der Waals surface area contributed by atoms with Crippen LogP contribution >= 0.6 is 0 Å². The smallest absolute Gasteiger partial charge is 0.0689 e. The first-order valence-electron chi connectivity index (χ1n) is 8.95. The lowest BCUT2D eigenvalue weighted by Crippen LogP contribution is -2.38. The standard InChI is InChI=1S/C18H33NO2/c1-17(2)14-6-8-18(17,3)16(12-14)21-11-7-15(20)13-19-9-4-5-10-19/h14-16,20H,4-13H2,1-3H3/t14-,15+,16-,18-/m0/s1. The van der Waals surface area contributed by atoms with Gasteiger partial charge >= 0.3 is 0 Å². The van der Waals surface area contributed by atoms with E-state index in [4.69, 9.17) is 4.74 Å². The lowest BCUT2D eigenvalue weighted by atomic mass is 9.70. The molecule has 0 aromatic carbocycles. The summed E-state index contributed by atoms with van der Waals surface area (Å²) in [7, 11) is 0. The number of aliphatic hydroxyl groups excluding tert-OH is 1. The molecule has 122 valence electrons. The summed E-state index contributed by atoms with van der Waals surface area (Å²) >= 11 is 0. The number of fused-ring (bicyclic) bond motifs is 2. The van der Waals surface area contributed by atoms with E-state index < -0.39 is 0 Å². The van der Waals surface area contributed by atoms with Crippen molar-refractivity contribution >= 4 is 0 Å². The van der Waals surface area contributed by atoms with Crippen LogP contribution in [0.3, 0.4) is 0 Å². The Hall–Kier alpha value is -0.120. The van der Waals surface area contributed by atoms with E-state index in [1.54, 1.807) is 0 Å². The highest BCUT2D eigenvalue weighted by molar-refractivity contribution is 5.11. The summed E-state index contributed by atoms with van der Waals surface area (Å²) in [6.07, 6.45) is 7.47. The van der Waals surface area contributed by atoms with Gasteiger partial charge in [0.25, 0.3) is 0 Å². The SMILES string of the molecule is CC1(C)[C@H]2CC[C@@]1(C)[C@@H](OCC[C@@H](O)CN1CCCC1)C2. The largest absolute Gasteiger partial charge is 0.392 e. The zero-order chi connectivity index (χ0) is 15.1. The molecule has 1 N–H and O–H groups in total. The average Bonchev–Trinajstić information content (AvgIpc) is 3.04. The Morgan fingerprint density at radius 1 is 1.24 bits per heavy atom. The van der Waals surface area contributed by atoms with E-state index in [1.165, 1.54) is 32.1 Å². The molecule has 2 aliphatic carbocycles. The Balaban J connectivity index is 1.42. The lowest BCUT2D eigenvalue weighted by molar-refractivity contribution is -0.0561. The van der Waals surface area contributed by atoms with Gasteiger partial charge in [-0.3, -0.25) is 0 Å². The first kappa shape index (κ1) is 15.8. The van der Waals surface area contributed by atoms with E-state index in [9.17, 15) is 5.11 Å². The Bertz CT molecular complexity index is 364. The number of hydrogen-bond acceptors (Lipinski definition) is 3. The van der Waals surface area contributed by atoms with E-state index in [0.717, 1.165) is 38.6 Å². The Morgan fingerprint density at radius 3 is 2.52 bits per heavy atom. The third-order valence-corrected chi connectivity index (χ3v) is 7.15. The van der Waals surface area contributed by atoms with Crippen molar-refractivity contribution in [1.29, 1.82) is 0 Å². The van der Waals surface area contributed by atoms with Crippen LogP contribution in [0.2, 0.25) is 0 Å². The van der Waals surface area contributed by atoms with Crippen LogP contribution in [-0.4, -0.2) is 48.5 Å². The maximum atomic E-state index is 10.2. The molecule has 4 atom stereocenters. The fraction of sp³-hybridized carbons (Fsp3) is 1.00. The summed E-state index contributed by atoms with van der Waals surface area (Å²) < 4.78 is 6.23. The maximum Gasteiger partial charge on any atom is 0.0689 e. The summed E-state index contributed by atoms with van der Waals surface area (Å²) in [6.45, 7) is 11.2. The summed E-state index contributed by atoms with van der Waals surface area (Å²) in [5, 5.41) is 10.2. The van der Waals surface area contributed by atoms with E-state index in [0.29, 0.717) is 16.9 Å². The van der Waals surface area contributed by atoms with Crippen molar-refractivity contribution in [2.45, 2.75) is 71.5 Å². The van der Waals surface area contributed by atoms with Crippen molar-refractivity contribution in [2.24, 2.45) is 16.7 Å². The maximum absolute atomic E-state index is 10.2. The van der Waals surface area contributed by atoms with Gasteiger partial charge in [-0.2, -0.15) is 0 Å². The molecule has 2 saturated carbocycles. The van der Waals surface area contributed by atoms with Crippen LogP contribution in [0, 0.1) is 16.7 Å². The normalized spacial score (nSPS) is 40.0. The molecular weight excluding hydrogens is 262 g/mol. The quantitative estimate of drug-likeness (QED) is 0.817. The highest BCUT2D eigenvalue weighted by Crippen LogP contribution is 2.66. The van der Waals surface area contributed by atoms with Crippen molar-refractivity contribution in [3.63, 3.8) is 0 Å². The van der Waals surface area contributed by atoms with Crippen LogP contribution in [0.15, 0.2) is 0 Å². The van der Waals surface area contributed by atoms with Gasteiger partial charge < -0.3 is 14.7 Å². The van der Waals surface area contributed by atoms with Gasteiger partial charge in [0.1, 0.15) is 0 Å². The van der Waals surface area contributed by atoms with Gasteiger partial charge in [0, 0.05) is 13.2 Å². The summed E-state index contributed by atoms with van der Waals surface area (Å²) in [5.41, 5.74) is 0.767. The second-order valence-electron chi connectivity index (χ2n) is 8.42. The molecule has 3 fully saturated rings. The van der Waals surface area contributed by atoms with Crippen molar-refractivity contribution in [2.75, 3.05) is 26.2 Å². The van der Waals surface area contributed by atoms with Gasteiger partial charge in [0.15, 0.2) is 0 Å². The second kappa shape index (κ2) is 5.82. The van der Waals surface area contributed by atoms with Gasteiger partial charge in [-0.15, -0.1) is 0 Å². The monoisotopic (exact) mass is 295 g/mol. The fourth-order valence-corrected chi connectivity index (χ4v) is 5.08. The predicted molar refractivity (Wildman–Crippen MR) is 85.3 cm³/mol. The van der Waals surface area contributed by atoms with E-state index in [2.05, 4.69) is 25.7 Å². The first-order valence-corrected chi connectivity index (χ1v) is 8.95. The van der Waals surface area contributed by atoms with E-state index in [1.807, 2.05) is 0 Å². The molecule has 0 unspecified atom stereocenters. The van der Waals surface area contributed by atoms with Crippen molar-refractivity contribution in [3.8, 4) is 0 Å². The number of likely N-dealkylation sites (tertiary alicyclic amines) is 1. The molecule has 3 rings (SSSR count). The molecule has 0 aromatic rings. The molecule has 3 heteroatoms. The second-order valence-corrected chi connectivity index (χ2v) is 8.42. The minimum Gasteiger partial charge on any atom is -0.392 e. The van der Waals surface area contributed by atoms with Crippen LogP contribution in [0.5, 0.6) is 0 Å². The van der Waals surface area contributed by atoms with Crippen LogP contribution in [0.1, 0.15) is 59.3 Å². The average molecular weight is 295 g/mol. The number of rotatable bonds is 6. The molecule has 2 bridgehead atoms. The number of nitrogens with zero attached hydrogens (tertiary/aromatic N) is 1.